The molecule has 0 aliphatic heterocycles. The highest BCUT2D eigenvalue weighted by molar-refractivity contribution is 5.63. The number of benzene rings is 2. The van der Waals surface area contributed by atoms with E-state index in [1.165, 1.54) is 17.5 Å². The molecule has 3 aromatic rings. The van der Waals surface area contributed by atoms with E-state index in [0.29, 0.717) is 0 Å². The van der Waals surface area contributed by atoms with Gasteiger partial charge >= 0.3 is 0 Å². The molecule has 0 saturated heterocycles. The Morgan fingerprint density at radius 2 is 1.58 bits per heavy atom. The molecule has 3 nitrogen and oxygen atoms in total. The largest absolute Gasteiger partial charge is 0.391 e. The first-order valence-corrected chi connectivity index (χ1v) is 9.67. The Labute approximate surface area is 155 Å². The molecule has 3 heteroatoms. The Kier molecular flexibility index (Phi) is 5.16. The van der Waals surface area contributed by atoms with E-state index in [1.54, 1.807) is 0 Å². The van der Waals surface area contributed by atoms with Gasteiger partial charge in [-0.05, 0) is 18.4 Å². The third kappa shape index (κ3) is 3.73. The second kappa shape index (κ2) is 7.88. The van der Waals surface area contributed by atoms with Crippen molar-refractivity contribution in [3.05, 3.63) is 78.0 Å². The first kappa shape index (κ1) is 17.0. The number of hydrogen-bond acceptors (Lipinski definition) is 2. The zero-order valence-corrected chi connectivity index (χ0v) is 15.1. The monoisotopic (exact) mass is 346 g/mol. The standard InChI is InChI=1S/C23H26N2O/c26-22-15-9-3-8-14-21(22)25-17-20(16-18-10-4-1-5-11-18)23(24-25)19-12-6-2-7-13-19/h1-2,4-7,10-13,17,21-22,26H,3,8-9,14-16H2/t21-,22+/m1/s1. The van der Waals surface area contributed by atoms with E-state index in [2.05, 4.69) is 54.7 Å². The third-order valence-electron chi connectivity index (χ3n) is 5.38. The molecule has 0 unspecified atom stereocenters. The van der Waals surface area contributed by atoms with Crippen molar-refractivity contribution in [2.24, 2.45) is 0 Å². The van der Waals surface area contributed by atoms with Gasteiger partial charge in [0.05, 0.1) is 17.8 Å². The lowest BCUT2D eigenvalue weighted by Crippen LogP contribution is -2.23. The maximum absolute atomic E-state index is 10.6. The number of aliphatic hydroxyl groups excluding tert-OH is 1. The van der Waals surface area contributed by atoms with E-state index < -0.39 is 0 Å². The van der Waals surface area contributed by atoms with Crippen molar-refractivity contribution in [1.82, 2.24) is 9.78 Å². The molecule has 2 aromatic carbocycles. The average molecular weight is 346 g/mol. The summed E-state index contributed by atoms with van der Waals surface area (Å²) < 4.78 is 2.04. The molecular weight excluding hydrogens is 320 g/mol. The molecule has 1 aliphatic carbocycles. The van der Waals surface area contributed by atoms with Crippen LogP contribution >= 0.6 is 0 Å². The molecule has 0 bridgehead atoms. The number of hydrogen-bond donors (Lipinski definition) is 1. The topological polar surface area (TPSA) is 38.0 Å². The minimum absolute atomic E-state index is 0.0875. The van der Waals surface area contributed by atoms with Gasteiger partial charge in [-0.1, -0.05) is 79.9 Å². The number of aliphatic hydroxyl groups is 1. The molecule has 2 atom stereocenters. The minimum Gasteiger partial charge on any atom is -0.391 e. The van der Waals surface area contributed by atoms with Crippen LogP contribution in [0.25, 0.3) is 11.3 Å². The van der Waals surface area contributed by atoms with Crippen molar-refractivity contribution >= 4 is 0 Å². The molecule has 1 saturated carbocycles. The van der Waals surface area contributed by atoms with Crippen LogP contribution in [-0.4, -0.2) is 21.0 Å². The molecule has 0 amide bonds. The molecule has 0 spiro atoms. The van der Waals surface area contributed by atoms with Crippen molar-refractivity contribution in [3.63, 3.8) is 0 Å². The van der Waals surface area contributed by atoms with Gasteiger partial charge in [0.25, 0.3) is 0 Å². The highest BCUT2D eigenvalue weighted by atomic mass is 16.3. The van der Waals surface area contributed by atoms with Crippen LogP contribution < -0.4 is 0 Å². The van der Waals surface area contributed by atoms with Crippen LogP contribution in [0.3, 0.4) is 0 Å². The first-order valence-electron chi connectivity index (χ1n) is 9.67. The summed E-state index contributed by atoms with van der Waals surface area (Å²) in [5, 5.41) is 15.6. The molecule has 0 radical (unpaired) electrons. The fourth-order valence-corrected chi connectivity index (χ4v) is 3.96. The van der Waals surface area contributed by atoms with Gasteiger partial charge in [0.15, 0.2) is 0 Å². The number of aromatic nitrogens is 2. The van der Waals surface area contributed by atoms with Crippen LogP contribution in [0, 0.1) is 0 Å². The fraction of sp³-hybridized carbons (Fsp3) is 0.348. The Bertz CT molecular complexity index is 826. The Hall–Kier alpha value is -2.39. The summed E-state index contributed by atoms with van der Waals surface area (Å²) in [5.41, 5.74) is 4.68. The average Bonchev–Trinajstić information content (AvgIpc) is 2.96. The Balaban J connectivity index is 1.72. The van der Waals surface area contributed by atoms with Crippen molar-refractivity contribution in [3.8, 4) is 11.3 Å². The summed E-state index contributed by atoms with van der Waals surface area (Å²) in [6.45, 7) is 0. The van der Waals surface area contributed by atoms with E-state index in [0.717, 1.165) is 43.4 Å². The summed E-state index contributed by atoms with van der Waals surface area (Å²) in [5.74, 6) is 0. The first-order chi connectivity index (χ1) is 12.8. The predicted octanol–water partition coefficient (Wildman–Crippen LogP) is 5.01. The molecule has 1 fully saturated rings. The summed E-state index contributed by atoms with van der Waals surface area (Å²) in [6.07, 6.45) is 8.07. The number of nitrogens with zero attached hydrogens (tertiary/aromatic N) is 2. The number of rotatable bonds is 4. The molecular formula is C23H26N2O. The Morgan fingerprint density at radius 3 is 2.35 bits per heavy atom. The molecule has 1 aliphatic rings. The van der Waals surface area contributed by atoms with Gasteiger partial charge in [-0.15, -0.1) is 0 Å². The summed E-state index contributed by atoms with van der Waals surface area (Å²) >= 11 is 0. The van der Waals surface area contributed by atoms with E-state index in [-0.39, 0.29) is 12.1 Å². The third-order valence-corrected chi connectivity index (χ3v) is 5.38. The smallest absolute Gasteiger partial charge is 0.0958 e. The molecule has 1 heterocycles. The summed E-state index contributed by atoms with van der Waals surface area (Å²) in [6, 6.07) is 21.0. The predicted molar refractivity (Wildman–Crippen MR) is 105 cm³/mol. The van der Waals surface area contributed by atoms with Gasteiger partial charge in [0, 0.05) is 23.7 Å². The highest BCUT2D eigenvalue weighted by Gasteiger charge is 2.25. The van der Waals surface area contributed by atoms with Gasteiger partial charge in [-0.3, -0.25) is 4.68 Å². The van der Waals surface area contributed by atoms with Crippen LogP contribution in [0.2, 0.25) is 0 Å². The van der Waals surface area contributed by atoms with E-state index >= 15 is 0 Å². The second-order valence-corrected chi connectivity index (χ2v) is 7.28. The Morgan fingerprint density at radius 1 is 0.885 bits per heavy atom. The highest BCUT2D eigenvalue weighted by Crippen LogP contribution is 2.31. The normalized spacial score (nSPS) is 20.7. The van der Waals surface area contributed by atoms with Gasteiger partial charge in [-0.25, -0.2) is 0 Å². The molecule has 26 heavy (non-hydrogen) atoms. The van der Waals surface area contributed by atoms with Crippen molar-refractivity contribution in [1.29, 1.82) is 0 Å². The lowest BCUT2D eigenvalue weighted by atomic mass is 10.0. The van der Waals surface area contributed by atoms with Crippen LogP contribution in [0.15, 0.2) is 66.9 Å². The van der Waals surface area contributed by atoms with Gasteiger partial charge in [0.1, 0.15) is 0 Å². The van der Waals surface area contributed by atoms with Crippen LogP contribution in [0.5, 0.6) is 0 Å². The summed E-state index contributed by atoms with van der Waals surface area (Å²) in [4.78, 5) is 0. The van der Waals surface area contributed by atoms with Crippen molar-refractivity contribution in [2.75, 3.05) is 0 Å². The SMILES string of the molecule is O[C@H]1CCCCC[C@H]1n1cc(Cc2ccccc2)c(-c2ccccc2)n1. The van der Waals surface area contributed by atoms with Crippen LogP contribution in [0.4, 0.5) is 0 Å². The van der Waals surface area contributed by atoms with E-state index in [9.17, 15) is 5.11 Å². The van der Waals surface area contributed by atoms with Crippen molar-refractivity contribution < 1.29 is 5.11 Å². The lowest BCUT2D eigenvalue weighted by molar-refractivity contribution is 0.0991. The van der Waals surface area contributed by atoms with Gasteiger partial charge in [0.2, 0.25) is 0 Å². The van der Waals surface area contributed by atoms with E-state index in [1.807, 2.05) is 16.8 Å². The van der Waals surface area contributed by atoms with Crippen LogP contribution in [-0.2, 0) is 6.42 Å². The van der Waals surface area contributed by atoms with Crippen LogP contribution in [0.1, 0.15) is 49.3 Å². The maximum atomic E-state index is 10.6. The van der Waals surface area contributed by atoms with Crippen molar-refractivity contribution in [2.45, 2.75) is 50.7 Å². The zero-order chi connectivity index (χ0) is 17.8. The minimum atomic E-state index is -0.300. The van der Waals surface area contributed by atoms with E-state index in [4.69, 9.17) is 5.10 Å². The molecule has 1 aromatic heterocycles. The quantitative estimate of drug-likeness (QED) is 0.675. The zero-order valence-electron chi connectivity index (χ0n) is 15.1. The lowest BCUT2D eigenvalue weighted by Gasteiger charge is -2.20. The molecule has 134 valence electrons. The second-order valence-electron chi connectivity index (χ2n) is 7.28. The molecule has 1 N–H and O–H groups in total. The van der Waals surface area contributed by atoms with Gasteiger partial charge in [-0.2, -0.15) is 5.10 Å². The fourth-order valence-electron chi connectivity index (χ4n) is 3.96. The maximum Gasteiger partial charge on any atom is 0.0958 e. The molecule has 4 rings (SSSR count). The summed E-state index contributed by atoms with van der Waals surface area (Å²) in [7, 11) is 0. The van der Waals surface area contributed by atoms with Gasteiger partial charge < -0.3 is 5.11 Å².